The predicted molar refractivity (Wildman–Crippen MR) is 113 cm³/mol. The Morgan fingerprint density at radius 3 is 2.83 bits per heavy atom. The summed E-state index contributed by atoms with van der Waals surface area (Å²) in [6.07, 6.45) is 2.56. The summed E-state index contributed by atoms with van der Waals surface area (Å²) >= 11 is 0. The van der Waals surface area contributed by atoms with Gasteiger partial charge in [-0.15, -0.1) is 12.4 Å². The topological polar surface area (TPSA) is 90.8 Å². The van der Waals surface area contributed by atoms with Crippen LogP contribution in [0.25, 0.3) is 0 Å². The van der Waals surface area contributed by atoms with Crippen LogP contribution in [-0.4, -0.2) is 42.6 Å². The molecule has 7 nitrogen and oxygen atoms in total. The third-order valence-corrected chi connectivity index (χ3v) is 4.78. The fourth-order valence-corrected chi connectivity index (χ4v) is 3.22. The number of aromatic nitrogens is 1. The van der Waals surface area contributed by atoms with Crippen LogP contribution in [0.1, 0.15) is 48.0 Å². The fraction of sp³-hybridized carbons (Fsp3) is 0.524. The summed E-state index contributed by atoms with van der Waals surface area (Å²) < 4.78 is 16.8. The molecule has 0 saturated carbocycles. The van der Waals surface area contributed by atoms with Crippen LogP contribution < -0.4 is 15.2 Å². The highest BCUT2D eigenvalue weighted by atomic mass is 35.5. The number of fused-ring (bicyclic) bond motifs is 1. The van der Waals surface area contributed by atoms with Crippen LogP contribution in [0.5, 0.6) is 11.5 Å². The average molecular weight is 424 g/mol. The average Bonchev–Trinajstić information content (AvgIpc) is 3.12. The minimum atomic E-state index is -0.0546. The lowest BCUT2D eigenvalue weighted by atomic mass is 10.1. The van der Waals surface area contributed by atoms with Crippen molar-refractivity contribution in [3.63, 3.8) is 0 Å². The molecule has 0 aliphatic carbocycles. The Kier molecular flexibility index (Phi) is 8.34. The fourth-order valence-electron chi connectivity index (χ4n) is 3.22. The van der Waals surface area contributed by atoms with Gasteiger partial charge in [-0.2, -0.15) is 0 Å². The van der Waals surface area contributed by atoms with Crippen LogP contribution in [0.2, 0.25) is 0 Å². The lowest BCUT2D eigenvalue weighted by molar-refractivity contribution is 0.0727. The molecule has 0 fully saturated rings. The zero-order valence-electron chi connectivity index (χ0n) is 17.3. The number of hydrogen-bond donors (Lipinski definition) is 1. The van der Waals surface area contributed by atoms with Crippen LogP contribution in [0.3, 0.4) is 0 Å². The smallest absolute Gasteiger partial charge is 0.254 e. The molecule has 1 amide bonds. The summed E-state index contributed by atoms with van der Waals surface area (Å²) in [6, 6.07) is 5.21. The minimum absolute atomic E-state index is 0. The van der Waals surface area contributed by atoms with E-state index in [0.29, 0.717) is 55.6 Å². The number of amides is 1. The maximum atomic E-state index is 13.0. The van der Waals surface area contributed by atoms with Crippen molar-refractivity contribution in [2.24, 2.45) is 11.7 Å². The number of rotatable bonds is 8. The van der Waals surface area contributed by atoms with Crippen LogP contribution in [0.15, 0.2) is 22.6 Å². The number of nitrogens with two attached hydrogens (primary N) is 1. The van der Waals surface area contributed by atoms with E-state index < -0.39 is 0 Å². The minimum Gasteiger partial charge on any atom is -0.493 e. The SMILES string of the molecule is COc1cc(C(=O)N2CCc3oc(CCC(C)C)nc3C2)ccc1OCCN.Cl. The molecule has 1 aliphatic heterocycles. The highest BCUT2D eigenvalue weighted by molar-refractivity contribution is 5.95. The predicted octanol–water partition coefficient (Wildman–Crippen LogP) is 3.23. The lowest BCUT2D eigenvalue weighted by Gasteiger charge is -2.25. The summed E-state index contributed by atoms with van der Waals surface area (Å²) in [7, 11) is 1.56. The lowest BCUT2D eigenvalue weighted by Crippen LogP contribution is -2.35. The van der Waals surface area contributed by atoms with Gasteiger partial charge in [-0.1, -0.05) is 13.8 Å². The first-order valence-corrected chi connectivity index (χ1v) is 9.79. The Hall–Kier alpha value is -2.25. The molecule has 8 heteroatoms. The molecule has 0 radical (unpaired) electrons. The quantitative estimate of drug-likeness (QED) is 0.700. The molecule has 2 aromatic rings. The Labute approximate surface area is 178 Å². The Morgan fingerprint density at radius 1 is 1.34 bits per heavy atom. The number of ether oxygens (including phenoxy) is 2. The van der Waals surface area contributed by atoms with Crippen molar-refractivity contribution < 1.29 is 18.7 Å². The number of oxazole rings is 1. The molecule has 1 aromatic heterocycles. The second-order valence-electron chi connectivity index (χ2n) is 7.39. The molecule has 2 N–H and O–H groups in total. The van der Waals surface area contributed by atoms with Gasteiger partial charge in [0.05, 0.1) is 13.7 Å². The van der Waals surface area contributed by atoms with E-state index in [-0.39, 0.29) is 18.3 Å². The molecular formula is C21H30ClN3O4. The number of methoxy groups -OCH3 is 1. The van der Waals surface area contributed by atoms with Gasteiger partial charge in [0.1, 0.15) is 18.1 Å². The van der Waals surface area contributed by atoms with Crippen LogP contribution in [0, 0.1) is 5.92 Å². The van der Waals surface area contributed by atoms with Crippen LogP contribution in [0.4, 0.5) is 0 Å². The summed E-state index contributed by atoms with van der Waals surface area (Å²) in [5, 5.41) is 0. The number of carbonyl (C=O) groups excluding carboxylic acids is 1. The zero-order chi connectivity index (χ0) is 20.1. The van der Waals surface area contributed by atoms with E-state index in [9.17, 15) is 4.79 Å². The number of benzene rings is 1. The molecule has 0 unspecified atom stereocenters. The second-order valence-corrected chi connectivity index (χ2v) is 7.39. The summed E-state index contributed by atoms with van der Waals surface area (Å²) in [4.78, 5) is 19.4. The normalized spacial score (nSPS) is 13.1. The van der Waals surface area contributed by atoms with E-state index in [1.54, 1.807) is 30.2 Å². The van der Waals surface area contributed by atoms with Gasteiger partial charge >= 0.3 is 0 Å². The standard InChI is InChI=1S/C21H29N3O4.ClH/c1-14(2)4-7-20-23-16-13-24(10-8-17(16)28-20)21(25)15-5-6-18(27-11-9-22)19(12-15)26-3;/h5-6,12,14H,4,7-11,13,22H2,1-3H3;1H. The number of hydrogen-bond acceptors (Lipinski definition) is 6. The molecule has 160 valence electrons. The summed E-state index contributed by atoms with van der Waals surface area (Å²) in [5.41, 5.74) is 6.91. The van der Waals surface area contributed by atoms with Gasteiger partial charge in [-0.25, -0.2) is 4.98 Å². The van der Waals surface area contributed by atoms with Crippen molar-refractivity contribution in [3.8, 4) is 11.5 Å². The number of carbonyl (C=O) groups is 1. The molecule has 0 atom stereocenters. The molecule has 0 spiro atoms. The van der Waals surface area contributed by atoms with Crippen LogP contribution >= 0.6 is 12.4 Å². The third-order valence-electron chi connectivity index (χ3n) is 4.78. The largest absolute Gasteiger partial charge is 0.493 e. The number of halogens is 1. The summed E-state index contributed by atoms with van der Waals surface area (Å²) in [6.45, 7) is 6.25. The van der Waals surface area contributed by atoms with Crippen molar-refractivity contribution in [2.75, 3.05) is 26.8 Å². The van der Waals surface area contributed by atoms with Gasteiger partial charge in [0.15, 0.2) is 17.4 Å². The first kappa shape index (κ1) is 23.0. The van der Waals surface area contributed by atoms with Gasteiger partial charge in [0, 0.05) is 31.5 Å². The Morgan fingerprint density at radius 2 is 2.14 bits per heavy atom. The third kappa shape index (κ3) is 5.64. The highest BCUT2D eigenvalue weighted by Crippen LogP contribution is 2.29. The molecule has 1 aromatic carbocycles. The molecular weight excluding hydrogens is 394 g/mol. The van der Waals surface area contributed by atoms with Crippen molar-refractivity contribution in [3.05, 3.63) is 41.1 Å². The molecule has 2 heterocycles. The summed E-state index contributed by atoms with van der Waals surface area (Å²) in [5.74, 6) is 3.34. The number of nitrogens with zero attached hydrogens (tertiary/aromatic N) is 2. The van der Waals surface area contributed by atoms with Crippen molar-refractivity contribution >= 4 is 18.3 Å². The highest BCUT2D eigenvalue weighted by Gasteiger charge is 2.26. The van der Waals surface area contributed by atoms with Crippen molar-refractivity contribution in [2.45, 2.75) is 39.7 Å². The monoisotopic (exact) mass is 423 g/mol. The molecule has 0 bridgehead atoms. The Balaban J connectivity index is 0.00000300. The molecule has 1 aliphatic rings. The van der Waals surface area contributed by atoms with Gasteiger partial charge in [-0.05, 0) is 30.5 Å². The van der Waals surface area contributed by atoms with E-state index in [1.807, 2.05) is 0 Å². The van der Waals surface area contributed by atoms with Gasteiger partial charge in [0.2, 0.25) is 0 Å². The van der Waals surface area contributed by atoms with E-state index in [0.717, 1.165) is 30.2 Å². The van der Waals surface area contributed by atoms with E-state index >= 15 is 0 Å². The van der Waals surface area contributed by atoms with Gasteiger partial charge in [-0.3, -0.25) is 4.79 Å². The molecule has 3 rings (SSSR count). The number of aryl methyl sites for hydroxylation is 1. The zero-order valence-corrected chi connectivity index (χ0v) is 18.1. The van der Waals surface area contributed by atoms with Gasteiger partial charge in [0.25, 0.3) is 5.91 Å². The maximum absolute atomic E-state index is 13.0. The van der Waals surface area contributed by atoms with E-state index in [4.69, 9.17) is 19.6 Å². The van der Waals surface area contributed by atoms with E-state index in [2.05, 4.69) is 18.8 Å². The Bertz CT molecular complexity index is 822. The van der Waals surface area contributed by atoms with Crippen LogP contribution in [-0.2, 0) is 19.4 Å². The first-order valence-electron chi connectivity index (χ1n) is 9.79. The maximum Gasteiger partial charge on any atom is 0.254 e. The van der Waals surface area contributed by atoms with Crippen molar-refractivity contribution in [1.29, 1.82) is 0 Å². The second kappa shape index (κ2) is 10.5. The van der Waals surface area contributed by atoms with Crippen molar-refractivity contribution in [1.82, 2.24) is 9.88 Å². The first-order chi connectivity index (χ1) is 13.5. The molecule has 29 heavy (non-hydrogen) atoms. The van der Waals surface area contributed by atoms with Gasteiger partial charge < -0.3 is 24.5 Å². The molecule has 0 saturated heterocycles. The van der Waals surface area contributed by atoms with E-state index in [1.165, 1.54) is 0 Å².